The van der Waals surface area contributed by atoms with Gasteiger partial charge in [-0.15, -0.1) is 24.0 Å². The van der Waals surface area contributed by atoms with Crippen molar-refractivity contribution in [3.63, 3.8) is 0 Å². The molecule has 0 aliphatic carbocycles. The third-order valence-corrected chi connectivity index (χ3v) is 4.87. The predicted octanol–water partition coefficient (Wildman–Crippen LogP) is 4.11. The number of nitrogens with zero attached hydrogens (tertiary/aromatic N) is 3. The van der Waals surface area contributed by atoms with E-state index in [0.717, 1.165) is 43.4 Å². The smallest absolute Gasteiger partial charge is 0.194 e. The van der Waals surface area contributed by atoms with Crippen LogP contribution in [0.4, 0.5) is 0 Å². The van der Waals surface area contributed by atoms with E-state index in [9.17, 15) is 0 Å². The van der Waals surface area contributed by atoms with E-state index in [2.05, 4.69) is 59.3 Å². The molecular formula is C23H31IN4O2. The fraction of sp³-hybridized carbons (Fsp3) is 0.348. The molecule has 0 atom stereocenters. The highest BCUT2D eigenvalue weighted by atomic mass is 127. The third-order valence-electron chi connectivity index (χ3n) is 4.87. The number of halogens is 1. The number of ether oxygens (including phenoxy) is 1. The minimum atomic E-state index is 0. The summed E-state index contributed by atoms with van der Waals surface area (Å²) in [7, 11) is 5.82. The van der Waals surface area contributed by atoms with Gasteiger partial charge in [0.1, 0.15) is 11.5 Å². The maximum Gasteiger partial charge on any atom is 0.194 e. The lowest BCUT2D eigenvalue weighted by atomic mass is 10.1. The molecule has 1 aromatic carbocycles. The monoisotopic (exact) mass is 522 g/mol. The SMILES string of the molecule is COc1ccc(CCNC(=NCCc2ccco2)N(C)Cc2cccn2C)cc1.I. The summed E-state index contributed by atoms with van der Waals surface area (Å²) in [4.78, 5) is 6.97. The number of hydrogen-bond donors (Lipinski definition) is 1. The van der Waals surface area contributed by atoms with Crippen molar-refractivity contribution in [1.82, 2.24) is 14.8 Å². The van der Waals surface area contributed by atoms with E-state index in [1.807, 2.05) is 24.3 Å². The molecule has 30 heavy (non-hydrogen) atoms. The second-order valence-electron chi connectivity index (χ2n) is 7.03. The van der Waals surface area contributed by atoms with Gasteiger partial charge in [0, 0.05) is 45.5 Å². The molecule has 6 nitrogen and oxygen atoms in total. The summed E-state index contributed by atoms with van der Waals surface area (Å²) in [5.74, 6) is 2.73. The second kappa shape index (κ2) is 12.3. The fourth-order valence-corrected chi connectivity index (χ4v) is 3.13. The van der Waals surface area contributed by atoms with Crippen LogP contribution in [0.15, 0.2) is 70.4 Å². The number of furan rings is 1. The molecule has 0 fully saturated rings. The fourth-order valence-electron chi connectivity index (χ4n) is 3.13. The Kier molecular flexibility index (Phi) is 9.79. The van der Waals surface area contributed by atoms with Crippen LogP contribution < -0.4 is 10.1 Å². The maximum absolute atomic E-state index is 5.42. The van der Waals surface area contributed by atoms with Gasteiger partial charge in [-0.1, -0.05) is 12.1 Å². The van der Waals surface area contributed by atoms with Crippen molar-refractivity contribution in [3.05, 3.63) is 78.0 Å². The third kappa shape index (κ3) is 7.12. The van der Waals surface area contributed by atoms with Gasteiger partial charge in [0.2, 0.25) is 0 Å². The van der Waals surface area contributed by atoms with Crippen molar-refractivity contribution in [1.29, 1.82) is 0 Å². The van der Waals surface area contributed by atoms with Gasteiger partial charge in [-0.2, -0.15) is 0 Å². The van der Waals surface area contributed by atoms with E-state index in [1.165, 1.54) is 11.3 Å². The van der Waals surface area contributed by atoms with Crippen molar-refractivity contribution in [3.8, 4) is 5.75 Å². The largest absolute Gasteiger partial charge is 0.497 e. The lowest BCUT2D eigenvalue weighted by Crippen LogP contribution is -2.40. The first-order valence-electron chi connectivity index (χ1n) is 9.90. The predicted molar refractivity (Wildman–Crippen MR) is 132 cm³/mol. The normalized spacial score (nSPS) is 11.1. The van der Waals surface area contributed by atoms with Crippen LogP contribution in [0.2, 0.25) is 0 Å². The van der Waals surface area contributed by atoms with Crippen LogP contribution in [0.3, 0.4) is 0 Å². The zero-order valence-corrected chi connectivity index (χ0v) is 20.2. The van der Waals surface area contributed by atoms with Crippen LogP contribution in [0.25, 0.3) is 0 Å². The number of nitrogens with one attached hydrogen (secondary N) is 1. The molecule has 0 saturated heterocycles. The zero-order valence-electron chi connectivity index (χ0n) is 17.9. The van der Waals surface area contributed by atoms with Gasteiger partial charge in [-0.25, -0.2) is 0 Å². The molecule has 7 heteroatoms. The number of aryl methyl sites for hydroxylation is 1. The molecule has 3 aromatic rings. The van der Waals surface area contributed by atoms with Gasteiger partial charge in [0.05, 0.1) is 19.9 Å². The second-order valence-corrected chi connectivity index (χ2v) is 7.03. The van der Waals surface area contributed by atoms with Crippen LogP contribution >= 0.6 is 24.0 Å². The maximum atomic E-state index is 5.42. The summed E-state index contributed by atoms with van der Waals surface area (Å²) < 4.78 is 12.8. The van der Waals surface area contributed by atoms with Crippen LogP contribution in [0.1, 0.15) is 17.0 Å². The van der Waals surface area contributed by atoms with E-state index in [0.29, 0.717) is 6.54 Å². The Hall–Kier alpha value is -2.42. The lowest BCUT2D eigenvalue weighted by molar-refractivity contribution is 0.414. The molecule has 0 aliphatic heterocycles. The molecule has 0 saturated carbocycles. The molecule has 1 N–H and O–H groups in total. The number of aromatic nitrogens is 1. The van der Waals surface area contributed by atoms with E-state index in [-0.39, 0.29) is 24.0 Å². The number of guanidine groups is 1. The summed E-state index contributed by atoms with van der Waals surface area (Å²) in [6.45, 7) is 2.28. The Bertz CT molecular complexity index is 888. The van der Waals surface area contributed by atoms with Crippen molar-refractivity contribution in [2.24, 2.45) is 12.0 Å². The van der Waals surface area contributed by atoms with Gasteiger partial charge in [-0.05, 0) is 48.4 Å². The van der Waals surface area contributed by atoms with Crippen molar-refractivity contribution in [2.75, 3.05) is 27.2 Å². The van der Waals surface area contributed by atoms with Crippen LogP contribution in [0.5, 0.6) is 5.75 Å². The Morgan fingerprint density at radius 1 is 1.13 bits per heavy atom. The van der Waals surface area contributed by atoms with E-state index in [4.69, 9.17) is 14.1 Å². The quantitative estimate of drug-likeness (QED) is 0.261. The van der Waals surface area contributed by atoms with Crippen LogP contribution in [-0.4, -0.2) is 42.7 Å². The molecular weight excluding hydrogens is 491 g/mol. The van der Waals surface area contributed by atoms with Gasteiger partial charge in [0.25, 0.3) is 0 Å². The van der Waals surface area contributed by atoms with E-state index >= 15 is 0 Å². The first-order chi connectivity index (χ1) is 14.2. The van der Waals surface area contributed by atoms with Gasteiger partial charge < -0.3 is 23.9 Å². The summed E-state index contributed by atoms with van der Waals surface area (Å²) in [5.41, 5.74) is 2.50. The molecule has 0 aliphatic rings. The minimum absolute atomic E-state index is 0. The first kappa shape index (κ1) is 23.9. The summed E-state index contributed by atoms with van der Waals surface area (Å²) in [6.07, 6.45) is 5.47. The molecule has 0 amide bonds. The van der Waals surface area contributed by atoms with Gasteiger partial charge in [-0.3, -0.25) is 4.99 Å². The first-order valence-corrected chi connectivity index (χ1v) is 9.90. The number of hydrogen-bond acceptors (Lipinski definition) is 3. The summed E-state index contributed by atoms with van der Waals surface area (Å²) in [5, 5.41) is 3.51. The number of rotatable bonds is 9. The van der Waals surface area contributed by atoms with Gasteiger partial charge >= 0.3 is 0 Å². The highest BCUT2D eigenvalue weighted by Crippen LogP contribution is 2.11. The highest BCUT2D eigenvalue weighted by Gasteiger charge is 2.09. The minimum Gasteiger partial charge on any atom is -0.497 e. The van der Waals surface area contributed by atoms with Crippen molar-refractivity contribution in [2.45, 2.75) is 19.4 Å². The molecule has 0 bridgehead atoms. The average Bonchev–Trinajstić information content (AvgIpc) is 3.39. The van der Waals surface area contributed by atoms with Crippen LogP contribution in [0, 0.1) is 0 Å². The van der Waals surface area contributed by atoms with Crippen molar-refractivity contribution >= 4 is 29.9 Å². The molecule has 0 spiro atoms. The average molecular weight is 522 g/mol. The Balaban J connectivity index is 0.00000320. The molecule has 162 valence electrons. The van der Waals surface area contributed by atoms with Crippen LogP contribution in [-0.2, 0) is 26.4 Å². The Labute approximate surface area is 196 Å². The molecule has 3 rings (SSSR count). The molecule has 2 heterocycles. The van der Waals surface area contributed by atoms with Crippen molar-refractivity contribution < 1.29 is 9.15 Å². The highest BCUT2D eigenvalue weighted by molar-refractivity contribution is 14.0. The standard InChI is InChI=1S/C23H30N4O2.HI/c1-26-16-4-6-20(26)18-27(2)23(25-15-13-22-7-5-17-29-22)24-14-12-19-8-10-21(28-3)11-9-19;/h4-11,16-17H,12-15,18H2,1-3H3,(H,24,25);1H. The zero-order chi connectivity index (χ0) is 20.5. The Morgan fingerprint density at radius 2 is 1.93 bits per heavy atom. The van der Waals surface area contributed by atoms with Gasteiger partial charge in [0.15, 0.2) is 5.96 Å². The van der Waals surface area contributed by atoms with E-state index < -0.39 is 0 Å². The summed E-state index contributed by atoms with van der Waals surface area (Å²) >= 11 is 0. The van der Waals surface area contributed by atoms with E-state index in [1.54, 1.807) is 13.4 Å². The number of methoxy groups -OCH3 is 1. The molecule has 0 unspecified atom stereocenters. The number of aliphatic imine (C=N–C) groups is 1. The topological polar surface area (TPSA) is 54.9 Å². The Morgan fingerprint density at radius 3 is 2.57 bits per heavy atom. The number of benzene rings is 1. The molecule has 2 aromatic heterocycles. The molecule has 0 radical (unpaired) electrons. The summed E-state index contributed by atoms with van der Waals surface area (Å²) in [6, 6.07) is 16.3. The lowest BCUT2D eigenvalue weighted by Gasteiger charge is -2.23.